The Kier molecular flexibility index (Phi) is 5.88. The van der Waals surface area contributed by atoms with E-state index in [2.05, 4.69) is 10.3 Å². The number of pyridine rings is 1. The summed E-state index contributed by atoms with van der Waals surface area (Å²) < 4.78 is 38.6. The maximum Gasteiger partial charge on any atom is 0.416 e. The maximum atomic E-state index is 12.9. The first-order valence-electron chi connectivity index (χ1n) is 9.72. The molecule has 0 bridgehead atoms. The summed E-state index contributed by atoms with van der Waals surface area (Å²) in [5.41, 5.74) is 1.71. The van der Waals surface area contributed by atoms with E-state index >= 15 is 0 Å². The van der Waals surface area contributed by atoms with E-state index in [9.17, 15) is 22.8 Å². The van der Waals surface area contributed by atoms with Crippen molar-refractivity contribution in [2.75, 3.05) is 16.8 Å². The average Bonchev–Trinajstić information content (AvgIpc) is 2.73. The summed E-state index contributed by atoms with van der Waals surface area (Å²) >= 11 is 6.01. The molecule has 1 aliphatic rings. The molecule has 0 aliphatic carbocycles. The van der Waals surface area contributed by atoms with Crippen LogP contribution in [0.3, 0.4) is 0 Å². The van der Waals surface area contributed by atoms with E-state index < -0.39 is 17.6 Å². The molecule has 32 heavy (non-hydrogen) atoms. The molecule has 164 valence electrons. The van der Waals surface area contributed by atoms with Crippen molar-refractivity contribution in [3.05, 3.63) is 88.2 Å². The number of nitrogens with zero attached hydrogens (tertiary/aromatic N) is 2. The Labute approximate surface area is 186 Å². The molecule has 0 saturated carbocycles. The summed E-state index contributed by atoms with van der Waals surface area (Å²) in [6.07, 6.45) is -1.16. The molecule has 1 aromatic heterocycles. The predicted octanol–water partition coefficient (Wildman–Crippen LogP) is 5.14. The highest BCUT2D eigenvalue weighted by Crippen LogP contribution is 2.30. The maximum absolute atomic E-state index is 12.9. The molecule has 5 nitrogen and oxygen atoms in total. The van der Waals surface area contributed by atoms with Crippen molar-refractivity contribution in [3.8, 4) is 0 Å². The van der Waals surface area contributed by atoms with Gasteiger partial charge in [-0.1, -0.05) is 29.8 Å². The van der Waals surface area contributed by atoms with Crippen LogP contribution in [0, 0.1) is 0 Å². The second-order valence-corrected chi connectivity index (χ2v) is 7.80. The van der Waals surface area contributed by atoms with Gasteiger partial charge >= 0.3 is 6.18 Å². The summed E-state index contributed by atoms with van der Waals surface area (Å²) in [7, 11) is 0. The van der Waals surface area contributed by atoms with Gasteiger partial charge in [-0.15, -0.1) is 0 Å². The molecule has 0 radical (unpaired) electrons. The number of hydrogen-bond donors (Lipinski definition) is 1. The third-order valence-electron chi connectivity index (χ3n) is 5.09. The van der Waals surface area contributed by atoms with Crippen molar-refractivity contribution in [2.45, 2.75) is 19.0 Å². The van der Waals surface area contributed by atoms with Crippen molar-refractivity contribution in [2.24, 2.45) is 0 Å². The minimum Gasteiger partial charge on any atom is -0.324 e. The largest absolute Gasteiger partial charge is 0.416 e. The van der Waals surface area contributed by atoms with Crippen molar-refractivity contribution in [3.63, 3.8) is 0 Å². The molecule has 0 atom stereocenters. The number of amides is 2. The number of fused-ring (bicyclic) bond motifs is 1. The molecule has 1 aliphatic heterocycles. The highest BCUT2D eigenvalue weighted by atomic mass is 35.5. The molecule has 2 heterocycles. The molecule has 2 aromatic carbocycles. The van der Waals surface area contributed by atoms with Crippen LogP contribution >= 0.6 is 11.6 Å². The minimum absolute atomic E-state index is 0.197. The molecule has 3 aromatic rings. The Hall–Kier alpha value is -3.39. The van der Waals surface area contributed by atoms with E-state index in [0.717, 1.165) is 17.7 Å². The van der Waals surface area contributed by atoms with Crippen molar-refractivity contribution >= 4 is 34.8 Å². The SMILES string of the molecule is O=C(Cc1cccc(C(F)(F)F)c1)Nc1cncc(N2CCc3cc(Cl)ccc3C2=O)c1. The first-order chi connectivity index (χ1) is 15.2. The van der Waals surface area contributed by atoms with E-state index in [-0.39, 0.29) is 17.9 Å². The highest BCUT2D eigenvalue weighted by Gasteiger charge is 2.30. The lowest BCUT2D eigenvalue weighted by Crippen LogP contribution is -2.37. The normalized spacial score (nSPS) is 13.6. The van der Waals surface area contributed by atoms with Crippen molar-refractivity contribution < 1.29 is 22.8 Å². The van der Waals surface area contributed by atoms with Gasteiger partial charge in [0.05, 0.1) is 35.8 Å². The van der Waals surface area contributed by atoms with E-state index in [0.29, 0.717) is 34.9 Å². The Morgan fingerprint density at radius 3 is 2.72 bits per heavy atom. The standard InChI is InChI=1S/C23H17ClF3N3O2/c24-17-4-5-20-15(10-17)6-7-30(22(20)32)19-11-18(12-28-13-19)29-21(31)9-14-2-1-3-16(8-14)23(25,26)27/h1-5,8,10-13H,6-7,9H2,(H,29,31). The third-order valence-corrected chi connectivity index (χ3v) is 5.32. The fraction of sp³-hybridized carbons (Fsp3) is 0.174. The number of hydrogen-bond acceptors (Lipinski definition) is 3. The van der Waals surface area contributed by atoms with Gasteiger partial charge in [0.2, 0.25) is 5.91 Å². The molecule has 1 N–H and O–H groups in total. The Morgan fingerprint density at radius 2 is 1.94 bits per heavy atom. The first-order valence-corrected chi connectivity index (χ1v) is 10.1. The zero-order chi connectivity index (χ0) is 22.9. The van der Waals surface area contributed by atoms with Crippen LogP contribution in [-0.2, 0) is 23.8 Å². The monoisotopic (exact) mass is 459 g/mol. The van der Waals surface area contributed by atoms with Crippen LogP contribution in [-0.4, -0.2) is 23.3 Å². The lowest BCUT2D eigenvalue weighted by Gasteiger charge is -2.28. The fourth-order valence-electron chi connectivity index (χ4n) is 3.60. The molecule has 0 saturated heterocycles. The summed E-state index contributed by atoms with van der Waals surface area (Å²) in [6.45, 7) is 0.426. The van der Waals surface area contributed by atoms with E-state index in [1.165, 1.54) is 24.5 Å². The lowest BCUT2D eigenvalue weighted by molar-refractivity contribution is -0.137. The van der Waals surface area contributed by atoms with Crippen LogP contribution in [0.1, 0.15) is 27.0 Å². The number of carbonyl (C=O) groups is 2. The molecule has 0 fully saturated rings. The third kappa shape index (κ3) is 4.75. The Bertz CT molecular complexity index is 1200. The predicted molar refractivity (Wildman–Crippen MR) is 115 cm³/mol. The van der Waals surface area contributed by atoms with E-state index in [1.807, 2.05) is 0 Å². The second-order valence-electron chi connectivity index (χ2n) is 7.36. The van der Waals surface area contributed by atoms with Crippen LogP contribution < -0.4 is 10.2 Å². The van der Waals surface area contributed by atoms with Gasteiger partial charge in [0, 0.05) is 17.1 Å². The number of aromatic nitrogens is 1. The minimum atomic E-state index is -4.48. The summed E-state index contributed by atoms with van der Waals surface area (Å²) in [6, 6.07) is 11.3. The number of rotatable bonds is 4. The van der Waals surface area contributed by atoms with Crippen LogP contribution in [0.25, 0.3) is 0 Å². The fourth-order valence-corrected chi connectivity index (χ4v) is 3.79. The van der Waals surface area contributed by atoms with Crippen LogP contribution in [0.15, 0.2) is 60.9 Å². The van der Waals surface area contributed by atoms with E-state index in [1.54, 1.807) is 29.2 Å². The molecule has 0 unspecified atom stereocenters. The van der Waals surface area contributed by atoms with Gasteiger partial charge in [0.15, 0.2) is 0 Å². The van der Waals surface area contributed by atoms with Gasteiger partial charge < -0.3 is 10.2 Å². The van der Waals surface area contributed by atoms with Gasteiger partial charge in [-0.3, -0.25) is 14.6 Å². The quantitative estimate of drug-likeness (QED) is 0.587. The van der Waals surface area contributed by atoms with Gasteiger partial charge in [-0.05, 0) is 47.9 Å². The number of nitrogens with one attached hydrogen (secondary N) is 1. The lowest BCUT2D eigenvalue weighted by atomic mass is 9.99. The van der Waals surface area contributed by atoms with Crippen LogP contribution in [0.4, 0.5) is 24.5 Å². The summed E-state index contributed by atoms with van der Waals surface area (Å²) in [4.78, 5) is 30.9. The number of benzene rings is 2. The molecule has 9 heteroatoms. The molecular weight excluding hydrogens is 443 g/mol. The summed E-state index contributed by atoms with van der Waals surface area (Å²) in [5, 5.41) is 3.20. The number of halogens is 4. The van der Waals surface area contributed by atoms with Gasteiger partial charge in [0.1, 0.15) is 0 Å². The van der Waals surface area contributed by atoms with Crippen molar-refractivity contribution in [1.29, 1.82) is 0 Å². The zero-order valence-electron chi connectivity index (χ0n) is 16.6. The van der Waals surface area contributed by atoms with Crippen LogP contribution in [0.5, 0.6) is 0 Å². The van der Waals surface area contributed by atoms with Gasteiger partial charge in [-0.2, -0.15) is 13.2 Å². The summed E-state index contributed by atoms with van der Waals surface area (Å²) in [5.74, 6) is -0.689. The zero-order valence-corrected chi connectivity index (χ0v) is 17.4. The second kappa shape index (κ2) is 8.63. The Morgan fingerprint density at radius 1 is 1.12 bits per heavy atom. The first kappa shape index (κ1) is 21.8. The average molecular weight is 460 g/mol. The molecular formula is C23H17ClF3N3O2. The van der Waals surface area contributed by atoms with Crippen molar-refractivity contribution in [1.82, 2.24) is 4.98 Å². The molecule has 4 rings (SSSR count). The smallest absolute Gasteiger partial charge is 0.324 e. The van der Waals surface area contributed by atoms with Gasteiger partial charge in [0.25, 0.3) is 5.91 Å². The highest BCUT2D eigenvalue weighted by molar-refractivity contribution is 6.30. The van der Waals surface area contributed by atoms with Gasteiger partial charge in [-0.25, -0.2) is 0 Å². The Balaban J connectivity index is 1.47. The number of carbonyl (C=O) groups excluding carboxylic acids is 2. The number of alkyl halides is 3. The topological polar surface area (TPSA) is 62.3 Å². The van der Waals surface area contributed by atoms with E-state index in [4.69, 9.17) is 11.6 Å². The molecule has 0 spiro atoms. The molecule has 2 amide bonds. The van der Waals surface area contributed by atoms with Crippen LogP contribution in [0.2, 0.25) is 5.02 Å². The number of anilines is 2.